The first-order valence-corrected chi connectivity index (χ1v) is 15.0. The van der Waals surface area contributed by atoms with Crippen molar-refractivity contribution in [3.63, 3.8) is 0 Å². The summed E-state index contributed by atoms with van der Waals surface area (Å²) in [5.74, 6) is -1.68. The number of likely N-dealkylation sites (tertiary alicyclic amines) is 1. The predicted octanol–water partition coefficient (Wildman–Crippen LogP) is 7.10. The highest BCUT2D eigenvalue weighted by Gasteiger charge is 2.33. The molecule has 3 heterocycles. The van der Waals surface area contributed by atoms with Crippen LogP contribution in [0.2, 0.25) is 0 Å². The molecule has 2 aliphatic rings. The maximum absolute atomic E-state index is 16.0. The smallest absolute Gasteiger partial charge is 0.229 e. The molecule has 12 heteroatoms. The van der Waals surface area contributed by atoms with Gasteiger partial charge in [0.1, 0.15) is 11.6 Å². The maximum Gasteiger partial charge on any atom is 0.229 e. The second-order valence-corrected chi connectivity index (χ2v) is 12.0. The first-order valence-electron chi connectivity index (χ1n) is 13.4. The number of aromatic nitrogens is 3. The zero-order chi connectivity index (χ0) is 28.5. The Labute approximate surface area is 243 Å². The Kier molecular flexibility index (Phi) is 7.96. The summed E-state index contributed by atoms with van der Waals surface area (Å²) in [5, 5.41) is 3.52. The summed E-state index contributed by atoms with van der Waals surface area (Å²) in [4.78, 5) is 28.4. The maximum atomic E-state index is 16.0. The molecule has 1 saturated heterocycles. The van der Waals surface area contributed by atoms with Crippen molar-refractivity contribution < 1.29 is 18.0 Å². The van der Waals surface area contributed by atoms with E-state index in [0.717, 1.165) is 67.1 Å². The van der Waals surface area contributed by atoms with Crippen LogP contribution in [0.1, 0.15) is 43.5 Å². The number of rotatable bonds is 8. The molecular weight excluding hydrogens is 569 g/mol. The van der Waals surface area contributed by atoms with Crippen molar-refractivity contribution >= 4 is 40.8 Å². The van der Waals surface area contributed by atoms with Crippen molar-refractivity contribution in [3.8, 4) is 21.8 Å². The molecule has 0 unspecified atom stereocenters. The largest absolute Gasteiger partial charge is 0.323 e. The third kappa shape index (κ3) is 6.24. The van der Waals surface area contributed by atoms with Crippen LogP contribution in [-0.4, -0.2) is 44.9 Å². The number of hydrogen-bond acceptors (Lipinski definition) is 8. The van der Waals surface area contributed by atoms with Gasteiger partial charge in [0.25, 0.3) is 0 Å². The van der Waals surface area contributed by atoms with Gasteiger partial charge in [-0.2, -0.15) is 0 Å². The van der Waals surface area contributed by atoms with Crippen molar-refractivity contribution in [2.75, 3.05) is 23.1 Å². The highest BCUT2D eigenvalue weighted by molar-refractivity contribution is 8.00. The minimum absolute atomic E-state index is 0.00969. The van der Waals surface area contributed by atoms with E-state index in [0.29, 0.717) is 16.3 Å². The molecule has 7 nitrogen and oxygen atoms in total. The number of nitrogens with zero attached hydrogens (tertiary/aromatic N) is 4. The van der Waals surface area contributed by atoms with E-state index in [4.69, 9.17) is 4.98 Å². The highest BCUT2D eigenvalue weighted by atomic mass is 32.2. The van der Waals surface area contributed by atoms with Gasteiger partial charge in [0.15, 0.2) is 5.82 Å². The third-order valence-corrected chi connectivity index (χ3v) is 9.27. The number of hydrogen-bond donors (Lipinski definition) is 2. The average molecular weight is 597 g/mol. The van der Waals surface area contributed by atoms with E-state index < -0.39 is 17.5 Å². The van der Waals surface area contributed by atoms with Crippen LogP contribution in [0.3, 0.4) is 0 Å². The molecule has 0 radical (unpaired) electrons. The molecular formula is C29H27F3N6OS2. The van der Waals surface area contributed by atoms with Gasteiger partial charge in [-0.3, -0.25) is 10.1 Å². The van der Waals surface area contributed by atoms with E-state index in [-0.39, 0.29) is 33.9 Å². The van der Waals surface area contributed by atoms with Gasteiger partial charge in [0.2, 0.25) is 11.9 Å². The molecule has 6 rings (SSSR count). The summed E-state index contributed by atoms with van der Waals surface area (Å²) in [6, 6.07) is 10.4. The van der Waals surface area contributed by atoms with Gasteiger partial charge in [-0.25, -0.2) is 28.1 Å². The first kappa shape index (κ1) is 27.7. The number of thiazole rings is 1. The van der Waals surface area contributed by atoms with Crippen LogP contribution in [0.25, 0.3) is 21.8 Å². The minimum atomic E-state index is -0.613. The summed E-state index contributed by atoms with van der Waals surface area (Å²) >= 11 is 2.27. The van der Waals surface area contributed by atoms with Crippen LogP contribution in [0, 0.1) is 17.5 Å². The third-order valence-electron chi connectivity index (χ3n) is 7.18. The SMILES string of the molecule is CC(=O)Nc1nccc(-c2sc(C3CCN(C4CC4)CC3)nc2-c2cccc(NSc3cc(F)ccc3F)c2F)n1. The topological polar surface area (TPSA) is 83.0 Å². The molecule has 41 heavy (non-hydrogen) atoms. The van der Waals surface area contributed by atoms with Crippen molar-refractivity contribution in [1.82, 2.24) is 19.9 Å². The Morgan fingerprint density at radius 1 is 1.05 bits per heavy atom. The molecule has 1 aliphatic carbocycles. The number of amides is 1. The molecule has 2 fully saturated rings. The van der Waals surface area contributed by atoms with Gasteiger partial charge in [0, 0.05) is 30.6 Å². The molecule has 2 N–H and O–H groups in total. The number of nitrogens with one attached hydrogen (secondary N) is 2. The number of halogens is 3. The fraction of sp³-hybridized carbons (Fsp3) is 0.310. The molecule has 2 aromatic carbocycles. The molecule has 0 spiro atoms. The van der Waals surface area contributed by atoms with Gasteiger partial charge < -0.3 is 9.62 Å². The standard InChI is InChI=1S/C29H27F3N6OS2/c1-16(39)34-29-33-12-9-23(35-29)27-26(36-28(40-27)17-10-13-38(14-11-17)19-6-7-19)20-3-2-4-22(25(20)32)37-41-24-15-18(30)5-8-21(24)31/h2-5,8-9,12,15,17,19,37H,6-7,10-11,13-14H2,1H3,(H,33,34,35,39). The van der Waals surface area contributed by atoms with Crippen molar-refractivity contribution in [1.29, 1.82) is 0 Å². The van der Waals surface area contributed by atoms with Crippen LogP contribution in [0.15, 0.2) is 53.6 Å². The number of piperidine rings is 1. The van der Waals surface area contributed by atoms with Gasteiger partial charge in [-0.1, -0.05) is 6.07 Å². The lowest BCUT2D eigenvalue weighted by Gasteiger charge is -2.30. The Bertz CT molecular complexity index is 1590. The molecule has 2 aromatic heterocycles. The van der Waals surface area contributed by atoms with Crippen LogP contribution >= 0.6 is 23.3 Å². The van der Waals surface area contributed by atoms with Crippen molar-refractivity contribution in [3.05, 3.63) is 71.1 Å². The molecule has 0 bridgehead atoms. The lowest BCUT2D eigenvalue weighted by Crippen LogP contribution is -2.34. The number of carbonyl (C=O) groups excluding carboxylic acids is 1. The summed E-state index contributed by atoms with van der Waals surface area (Å²) in [6.45, 7) is 3.41. The Morgan fingerprint density at radius 3 is 2.61 bits per heavy atom. The van der Waals surface area contributed by atoms with Crippen molar-refractivity contribution in [2.24, 2.45) is 0 Å². The first-order chi connectivity index (χ1) is 19.9. The minimum Gasteiger partial charge on any atom is -0.323 e. The van der Waals surface area contributed by atoms with Crippen LogP contribution < -0.4 is 10.0 Å². The molecule has 1 aliphatic heterocycles. The van der Waals surface area contributed by atoms with E-state index >= 15 is 4.39 Å². The zero-order valence-electron chi connectivity index (χ0n) is 22.2. The monoisotopic (exact) mass is 596 g/mol. The second kappa shape index (κ2) is 11.8. The van der Waals surface area contributed by atoms with Gasteiger partial charge >= 0.3 is 0 Å². The number of carbonyl (C=O) groups is 1. The predicted molar refractivity (Wildman–Crippen MR) is 155 cm³/mol. The fourth-order valence-electron chi connectivity index (χ4n) is 4.98. The summed E-state index contributed by atoms with van der Waals surface area (Å²) in [5.41, 5.74) is 1.32. The quantitative estimate of drug-likeness (QED) is 0.210. The normalized spacial score (nSPS) is 16.1. The average Bonchev–Trinajstić information content (AvgIpc) is 3.72. The van der Waals surface area contributed by atoms with Gasteiger partial charge in [-0.05, 0) is 87.1 Å². The Balaban J connectivity index is 1.35. The number of benzene rings is 2. The molecule has 1 saturated carbocycles. The molecule has 212 valence electrons. The van der Waals surface area contributed by atoms with E-state index in [1.807, 2.05) is 0 Å². The zero-order valence-corrected chi connectivity index (χ0v) is 23.8. The second-order valence-electron chi connectivity index (χ2n) is 10.2. The number of anilines is 2. The van der Waals surface area contributed by atoms with Crippen LogP contribution in [0.4, 0.5) is 24.8 Å². The van der Waals surface area contributed by atoms with Crippen LogP contribution in [-0.2, 0) is 4.79 Å². The van der Waals surface area contributed by atoms with E-state index in [1.54, 1.807) is 24.4 Å². The van der Waals surface area contributed by atoms with E-state index in [2.05, 4.69) is 24.9 Å². The van der Waals surface area contributed by atoms with E-state index in [1.165, 1.54) is 37.2 Å². The highest BCUT2D eigenvalue weighted by Crippen LogP contribution is 2.43. The van der Waals surface area contributed by atoms with Gasteiger partial charge in [-0.15, -0.1) is 11.3 Å². The lowest BCUT2D eigenvalue weighted by atomic mass is 9.97. The Morgan fingerprint density at radius 2 is 1.85 bits per heavy atom. The van der Waals surface area contributed by atoms with Crippen molar-refractivity contribution in [2.45, 2.75) is 49.5 Å². The molecule has 4 aromatic rings. The summed E-state index contributed by atoms with van der Waals surface area (Å²) < 4.78 is 46.6. The fourth-order valence-corrected chi connectivity index (χ4v) is 6.91. The molecule has 1 amide bonds. The summed E-state index contributed by atoms with van der Waals surface area (Å²) in [6.07, 6.45) is 6.04. The lowest BCUT2D eigenvalue weighted by molar-refractivity contribution is -0.114. The van der Waals surface area contributed by atoms with Crippen LogP contribution in [0.5, 0.6) is 0 Å². The Hall–Kier alpha value is -3.48. The van der Waals surface area contributed by atoms with E-state index in [9.17, 15) is 13.6 Å². The molecule has 0 atom stereocenters. The van der Waals surface area contributed by atoms with Gasteiger partial charge in [0.05, 0.1) is 31.9 Å². The summed E-state index contributed by atoms with van der Waals surface area (Å²) in [7, 11) is 0.